The summed E-state index contributed by atoms with van der Waals surface area (Å²) in [5.74, 6) is -0.352. The highest BCUT2D eigenvalue weighted by molar-refractivity contribution is 5.81. The number of carboxylic acid groups (broad SMARTS) is 1. The number of carbonyl (C=O) groups is 2. The third-order valence-corrected chi connectivity index (χ3v) is 4.37. The maximum Gasteiger partial charge on any atom is 0.311 e. The highest BCUT2D eigenvalue weighted by Crippen LogP contribution is 2.45. The van der Waals surface area contributed by atoms with E-state index in [1.165, 1.54) is 0 Å². The number of rotatable bonds is 7. The van der Waals surface area contributed by atoms with Crippen LogP contribution in [-0.4, -0.2) is 23.5 Å². The topological polar surface area (TPSA) is 66.4 Å². The molecule has 1 saturated carbocycles. The van der Waals surface area contributed by atoms with Crippen molar-refractivity contribution in [3.8, 4) is 0 Å². The first-order valence-corrected chi connectivity index (χ1v) is 7.50. The Hall–Kier alpha value is -1.84. The van der Waals surface area contributed by atoms with Crippen molar-refractivity contribution in [3.63, 3.8) is 0 Å². The van der Waals surface area contributed by atoms with Crippen molar-refractivity contribution in [1.82, 2.24) is 5.32 Å². The summed E-state index contributed by atoms with van der Waals surface area (Å²) in [5.41, 5.74) is 0.456. The van der Waals surface area contributed by atoms with Crippen LogP contribution in [0.3, 0.4) is 0 Å². The summed E-state index contributed by atoms with van der Waals surface area (Å²) in [5, 5.41) is 11.9. The number of nitrogens with one attached hydrogen (secondary N) is 1. The van der Waals surface area contributed by atoms with Gasteiger partial charge in [-0.05, 0) is 30.2 Å². The molecule has 0 heterocycles. The van der Waals surface area contributed by atoms with E-state index in [9.17, 15) is 9.59 Å². The molecule has 1 aliphatic carbocycles. The van der Waals surface area contributed by atoms with Gasteiger partial charge in [0.05, 0.1) is 5.41 Å². The van der Waals surface area contributed by atoms with E-state index >= 15 is 0 Å². The molecule has 1 unspecified atom stereocenters. The van der Waals surface area contributed by atoms with Crippen LogP contribution in [0.2, 0.25) is 0 Å². The first-order chi connectivity index (χ1) is 9.94. The van der Waals surface area contributed by atoms with Gasteiger partial charge in [0.25, 0.3) is 0 Å². The van der Waals surface area contributed by atoms with E-state index in [1.54, 1.807) is 0 Å². The molecule has 1 aromatic rings. The maximum atomic E-state index is 12.1. The van der Waals surface area contributed by atoms with Crippen LogP contribution in [0, 0.1) is 11.3 Å². The van der Waals surface area contributed by atoms with E-state index in [0.29, 0.717) is 25.2 Å². The Morgan fingerprint density at radius 2 is 1.86 bits per heavy atom. The SMILES string of the molecule is CC(C)C(CC(=O)NCC1(C(=O)O)CC1)c1ccccc1. The van der Waals surface area contributed by atoms with Crippen LogP contribution < -0.4 is 5.32 Å². The molecule has 0 saturated heterocycles. The lowest BCUT2D eigenvalue weighted by atomic mass is 9.85. The van der Waals surface area contributed by atoms with Gasteiger partial charge in [-0.3, -0.25) is 9.59 Å². The summed E-state index contributed by atoms with van der Waals surface area (Å²) >= 11 is 0. The van der Waals surface area contributed by atoms with Crippen molar-refractivity contribution in [3.05, 3.63) is 35.9 Å². The van der Waals surface area contributed by atoms with Gasteiger partial charge in [0.15, 0.2) is 0 Å². The average Bonchev–Trinajstić information content (AvgIpc) is 3.24. The zero-order chi connectivity index (χ0) is 15.5. The molecule has 0 bridgehead atoms. The predicted molar refractivity (Wildman–Crippen MR) is 81.0 cm³/mol. The molecule has 1 amide bonds. The van der Waals surface area contributed by atoms with E-state index in [-0.39, 0.29) is 18.4 Å². The van der Waals surface area contributed by atoms with Crippen LogP contribution in [0.4, 0.5) is 0 Å². The highest BCUT2D eigenvalue weighted by atomic mass is 16.4. The van der Waals surface area contributed by atoms with E-state index in [1.807, 2.05) is 30.3 Å². The van der Waals surface area contributed by atoms with Crippen molar-refractivity contribution in [1.29, 1.82) is 0 Å². The summed E-state index contributed by atoms with van der Waals surface area (Å²) in [4.78, 5) is 23.2. The Bertz CT molecular complexity index is 506. The Morgan fingerprint density at radius 1 is 1.24 bits per heavy atom. The van der Waals surface area contributed by atoms with Crippen LogP contribution in [0.15, 0.2) is 30.3 Å². The summed E-state index contributed by atoms with van der Waals surface area (Å²) in [6.45, 7) is 4.45. The van der Waals surface area contributed by atoms with Crippen LogP contribution >= 0.6 is 0 Å². The van der Waals surface area contributed by atoms with Crippen LogP contribution in [0.5, 0.6) is 0 Å². The third kappa shape index (κ3) is 3.84. The molecule has 0 radical (unpaired) electrons. The van der Waals surface area contributed by atoms with E-state index in [2.05, 4.69) is 19.2 Å². The molecule has 21 heavy (non-hydrogen) atoms. The van der Waals surface area contributed by atoms with Crippen LogP contribution in [-0.2, 0) is 9.59 Å². The first-order valence-electron chi connectivity index (χ1n) is 7.50. The van der Waals surface area contributed by atoms with E-state index in [4.69, 9.17) is 5.11 Å². The molecule has 2 rings (SSSR count). The zero-order valence-corrected chi connectivity index (χ0v) is 12.6. The van der Waals surface area contributed by atoms with Gasteiger partial charge in [-0.25, -0.2) is 0 Å². The van der Waals surface area contributed by atoms with Gasteiger partial charge >= 0.3 is 5.97 Å². The monoisotopic (exact) mass is 289 g/mol. The van der Waals surface area contributed by atoms with Crippen molar-refractivity contribution >= 4 is 11.9 Å². The fraction of sp³-hybridized carbons (Fsp3) is 0.529. The maximum absolute atomic E-state index is 12.1. The zero-order valence-electron chi connectivity index (χ0n) is 12.6. The number of carbonyl (C=O) groups excluding carboxylic acids is 1. The van der Waals surface area contributed by atoms with Crippen molar-refractivity contribution in [2.75, 3.05) is 6.54 Å². The van der Waals surface area contributed by atoms with Crippen molar-refractivity contribution in [2.45, 2.75) is 39.0 Å². The van der Waals surface area contributed by atoms with Gasteiger partial charge in [-0.15, -0.1) is 0 Å². The van der Waals surface area contributed by atoms with Crippen LogP contribution in [0.25, 0.3) is 0 Å². The number of hydrogen-bond acceptors (Lipinski definition) is 2. The lowest BCUT2D eigenvalue weighted by Gasteiger charge is -2.21. The molecule has 0 aromatic heterocycles. The van der Waals surface area contributed by atoms with Gasteiger partial charge in [0, 0.05) is 13.0 Å². The summed E-state index contributed by atoms with van der Waals surface area (Å²) in [6.07, 6.45) is 1.72. The second-order valence-electron chi connectivity index (χ2n) is 6.33. The smallest absolute Gasteiger partial charge is 0.311 e. The molecule has 1 aliphatic rings. The minimum Gasteiger partial charge on any atom is -0.481 e. The van der Waals surface area contributed by atoms with Gasteiger partial charge in [0.2, 0.25) is 5.91 Å². The second-order valence-corrected chi connectivity index (χ2v) is 6.33. The Balaban J connectivity index is 1.92. The molecular formula is C17H23NO3. The minimum absolute atomic E-state index is 0.0647. The number of amides is 1. The molecule has 1 atom stereocenters. The number of benzene rings is 1. The Labute approximate surface area is 125 Å². The first kappa shape index (κ1) is 15.5. The predicted octanol–water partition coefficient (Wildman–Crippen LogP) is 2.80. The molecular weight excluding hydrogens is 266 g/mol. The third-order valence-electron chi connectivity index (χ3n) is 4.37. The fourth-order valence-corrected chi connectivity index (χ4v) is 2.60. The Kier molecular flexibility index (Phi) is 4.66. The highest BCUT2D eigenvalue weighted by Gasteiger charge is 2.50. The fourth-order valence-electron chi connectivity index (χ4n) is 2.60. The Morgan fingerprint density at radius 3 is 2.33 bits per heavy atom. The number of aliphatic carboxylic acids is 1. The quantitative estimate of drug-likeness (QED) is 0.811. The average molecular weight is 289 g/mol. The summed E-state index contributed by atoms with van der Waals surface area (Å²) in [6, 6.07) is 10.00. The summed E-state index contributed by atoms with van der Waals surface area (Å²) < 4.78 is 0. The molecule has 4 heteroatoms. The summed E-state index contributed by atoms with van der Waals surface area (Å²) in [7, 11) is 0. The van der Waals surface area contributed by atoms with Gasteiger partial charge in [0.1, 0.15) is 0 Å². The normalized spacial score (nSPS) is 17.3. The van der Waals surface area contributed by atoms with Gasteiger partial charge in [-0.1, -0.05) is 44.2 Å². The molecule has 4 nitrogen and oxygen atoms in total. The van der Waals surface area contributed by atoms with E-state index in [0.717, 1.165) is 5.56 Å². The molecule has 0 aliphatic heterocycles. The lowest BCUT2D eigenvalue weighted by molar-refractivity contribution is -0.143. The standard InChI is InChI=1S/C17H23NO3/c1-12(2)14(13-6-4-3-5-7-13)10-15(19)18-11-17(8-9-17)16(20)21/h3-7,12,14H,8-11H2,1-2H3,(H,18,19)(H,20,21). The molecule has 1 aromatic carbocycles. The number of carboxylic acids is 1. The van der Waals surface area contributed by atoms with Gasteiger partial charge < -0.3 is 10.4 Å². The van der Waals surface area contributed by atoms with Crippen LogP contribution in [0.1, 0.15) is 44.6 Å². The van der Waals surface area contributed by atoms with Gasteiger partial charge in [-0.2, -0.15) is 0 Å². The molecule has 1 fully saturated rings. The largest absolute Gasteiger partial charge is 0.481 e. The molecule has 0 spiro atoms. The molecule has 2 N–H and O–H groups in total. The van der Waals surface area contributed by atoms with Crippen molar-refractivity contribution < 1.29 is 14.7 Å². The van der Waals surface area contributed by atoms with E-state index < -0.39 is 11.4 Å². The second kappa shape index (κ2) is 6.29. The van der Waals surface area contributed by atoms with Crippen molar-refractivity contribution in [2.24, 2.45) is 11.3 Å². The number of hydrogen-bond donors (Lipinski definition) is 2. The lowest BCUT2D eigenvalue weighted by Crippen LogP contribution is -2.35. The minimum atomic E-state index is -0.800. The molecule has 114 valence electrons.